The number of rotatable bonds is 5. The predicted molar refractivity (Wildman–Crippen MR) is 95.6 cm³/mol. The van der Waals surface area contributed by atoms with E-state index in [-0.39, 0.29) is 18.4 Å². The molecule has 1 saturated heterocycles. The Bertz CT molecular complexity index is 933. The Morgan fingerprint density at radius 3 is 3.12 bits per heavy atom. The number of hydrogen-bond donors (Lipinski definition) is 2. The molecule has 4 rings (SSSR count). The van der Waals surface area contributed by atoms with Gasteiger partial charge in [-0.05, 0) is 6.07 Å². The number of carbonyl (C=O) groups is 2. The molecule has 3 aromatic rings. The van der Waals surface area contributed by atoms with E-state index in [1.807, 2.05) is 35.8 Å². The van der Waals surface area contributed by atoms with Crippen LogP contribution < -0.4 is 5.32 Å². The number of fused-ring (bicyclic) bond motifs is 1. The number of aromatic amines is 1. The van der Waals surface area contributed by atoms with Gasteiger partial charge in [0.15, 0.2) is 5.13 Å². The van der Waals surface area contributed by atoms with Crippen molar-refractivity contribution in [3.8, 4) is 11.3 Å². The van der Waals surface area contributed by atoms with Gasteiger partial charge in [0.2, 0.25) is 5.91 Å². The normalized spacial score (nSPS) is 14.1. The van der Waals surface area contributed by atoms with Crippen LogP contribution in [0, 0.1) is 0 Å². The van der Waals surface area contributed by atoms with E-state index in [0.717, 1.165) is 22.2 Å². The van der Waals surface area contributed by atoms with E-state index in [1.54, 1.807) is 0 Å². The van der Waals surface area contributed by atoms with Gasteiger partial charge >= 0.3 is 6.09 Å². The summed E-state index contributed by atoms with van der Waals surface area (Å²) < 4.78 is 4.84. The maximum absolute atomic E-state index is 12.1. The molecule has 2 amide bonds. The summed E-state index contributed by atoms with van der Waals surface area (Å²) >= 11 is 1.38. The highest BCUT2D eigenvalue weighted by atomic mass is 32.1. The number of amides is 2. The van der Waals surface area contributed by atoms with Gasteiger partial charge in [0, 0.05) is 41.0 Å². The molecule has 3 heterocycles. The van der Waals surface area contributed by atoms with Gasteiger partial charge in [-0.1, -0.05) is 18.2 Å². The molecular weight excluding hydrogens is 340 g/mol. The molecule has 0 bridgehead atoms. The Hall–Kier alpha value is -2.87. The van der Waals surface area contributed by atoms with Crippen molar-refractivity contribution < 1.29 is 14.3 Å². The first-order valence-electron chi connectivity index (χ1n) is 7.94. The Morgan fingerprint density at radius 2 is 2.28 bits per heavy atom. The topological polar surface area (TPSA) is 87.3 Å². The minimum absolute atomic E-state index is 0.167. The largest absolute Gasteiger partial charge is 0.448 e. The number of carbonyl (C=O) groups excluding carboxylic acids is 2. The van der Waals surface area contributed by atoms with Crippen LogP contribution in [0.1, 0.15) is 6.42 Å². The highest BCUT2D eigenvalue weighted by molar-refractivity contribution is 7.14. The minimum Gasteiger partial charge on any atom is -0.448 e. The molecule has 8 heteroatoms. The van der Waals surface area contributed by atoms with Crippen LogP contribution in [0.2, 0.25) is 0 Å². The molecule has 0 radical (unpaired) electrons. The van der Waals surface area contributed by atoms with Crippen LogP contribution in [0.5, 0.6) is 0 Å². The van der Waals surface area contributed by atoms with Gasteiger partial charge in [-0.15, -0.1) is 11.3 Å². The predicted octanol–water partition coefficient (Wildman–Crippen LogP) is 3.07. The zero-order valence-electron chi connectivity index (χ0n) is 13.3. The van der Waals surface area contributed by atoms with Crippen molar-refractivity contribution in [1.82, 2.24) is 14.9 Å². The van der Waals surface area contributed by atoms with Crippen molar-refractivity contribution in [2.75, 3.05) is 25.0 Å². The molecule has 0 unspecified atom stereocenters. The SMILES string of the molecule is O=C(CCN1CCOC1=O)Nc1nc(-c2c[nH]c3ccccc23)cs1. The quantitative estimate of drug-likeness (QED) is 0.735. The number of cyclic esters (lactones) is 1. The van der Waals surface area contributed by atoms with Crippen molar-refractivity contribution in [1.29, 1.82) is 0 Å². The van der Waals surface area contributed by atoms with Crippen LogP contribution in [-0.2, 0) is 9.53 Å². The van der Waals surface area contributed by atoms with Gasteiger partial charge in [-0.25, -0.2) is 9.78 Å². The number of nitrogens with zero attached hydrogens (tertiary/aromatic N) is 2. The van der Waals surface area contributed by atoms with Crippen molar-refractivity contribution in [3.63, 3.8) is 0 Å². The van der Waals surface area contributed by atoms with Crippen LogP contribution in [0.15, 0.2) is 35.8 Å². The highest BCUT2D eigenvalue weighted by Crippen LogP contribution is 2.30. The lowest BCUT2D eigenvalue weighted by molar-refractivity contribution is -0.116. The number of H-pyrrole nitrogens is 1. The number of hydrogen-bond acceptors (Lipinski definition) is 5. The van der Waals surface area contributed by atoms with Crippen molar-refractivity contribution in [2.24, 2.45) is 0 Å². The van der Waals surface area contributed by atoms with Crippen LogP contribution in [0.25, 0.3) is 22.2 Å². The molecule has 0 spiro atoms. The van der Waals surface area contributed by atoms with Crippen LogP contribution >= 0.6 is 11.3 Å². The molecule has 0 atom stereocenters. The summed E-state index contributed by atoms with van der Waals surface area (Å²) in [7, 11) is 0. The molecule has 0 aliphatic carbocycles. The second-order valence-corrected chi connectivity index (χ2v) is 6.54. The molecule has 1 fully saturated rings. The fraction of sp³-hybridized carbons (Fsp3) is 0.235. The average molecular weight is 356 g/mol. The fourth-order valence-corrected chi connectivity index (χ4v) is 3.51. The number of ether oxygens (including phenoxy) is 1. The first-order chi connectivity index (χ1) is 12.2. The molecule has 7 nitrogen and oxygen atoms in total. The van der Waals surface area contributed by atoms with E-state index in [0.29, 0.717) is 24.8 Å². The number of para-hydroxylation sites is 1. The minimum atomic E-state index is -0.358. The molecule has 1 aromatic carbocycles. The molecular formula is C17H16N4O3S. The molecule has 1 aliphatic heterocycles. The Balaban J connectivity index is 1.41. The molecule has 1 aliphatic rings. The second kappa shape index (κ2) is 6.56. The number of benzene rings is 1. The van der Waals surface area contributed by atoms with Crippen molar-refractivity contribution >= 4 is 39.4 Å². The summed E-state index contributed by atoms with van der Waals surface area (Å²) in [6.07, 6.45) is 1.78. The first kappa shape index (κ1) is 15.6. The highest BCUT2D eigenvalue weighted by Gasteiger charge is 2.22. The monoisotopic (exact) mass is 356 g/mol. The standard InChI is InChI=1S/C17H16N4O3S/c22-15(5-6-21-7-8-24-17(21)23)20-16-19-14(10-25-16)12-9-18-13-4-2-1-3-11(12)13/h1-4,9-10,18H,5-8H2,(H,19,20,22). The van der Waals surface area contributed by atoms with E-state index in [9.17, 15) is 9.59 Å². The lowest BCUT2D eigenvalue weighted by Crippen LogP contribution is -2.28. The van der Waals surface area contributed by atoms with Crippen LogP contribution in [0.3, 0.4) is 0 Å². The fourth-order valence-electron chi connectivity index (χ4n) is 2.79. The summed E-state index contributed by atoms with van der Waals surface area (Å²) in [5, 5.41) is 6.36. The maximum Gasteiger partial charge on any atom is 0.409 e. The van der Waals surface area contributed by atoms with Gasteiger partial charge in [0.1, 0.15) is 6.61 Å². The van der Waals surface area contributed by atoms with Gasteiger partial charge in [-0.3, -0.25) is 4.79 Å². The zero-order valence-corrected chi connectivity index (χ0v) is 14.1. The van der Waals surface area contributed by atoms with Crippen molar-refractivity contribution in [2.45, 2.75) is 6.42 Å². The zero-order chi connectivity index (χ0) is 17.2. The summed E-state index contributed by atoms with van der Waals surface area (Å²) in [5.41, 5.74) is 2.88. The van der Waals surface area contributed by atoms with E-state index in [4.69, 9.17) is 4.74 Å². The Morgan fingerprint density at radius 1 is 1.40 bits per heavy atom. The van der Waals surface area contributed by atoms with E-state index >= 15 is 0 Å². The summed E-state index contributed by atoms with van der Waals surface area (Å²) in [4.78, 5) is 32.6. The maximum atomic E-state index is 12.1. The van der Waals surface area contributed by atoms with E-state index < -0.39 is 0 Å². The lowest BCUT2D eigenvalue weighted by atomic mass is 10.1. The number of aromatic nitrogens is 2. The Labute approximate surface area is 147 Å². The Kier molecular flexibility index (Phi) is 4.10. The van der Waals surface area contributed by atoms with Gasteiger partial charge in [0.25, 0.3) is 0 Å². The number of anilines is 1. The van der Waals surface area contributed by atoms with Crippen LogP contribution in [0.4, 0.5) is 9.93 Å². The van der Waals surface area contributed by atoms with Gasteiger partial charge in [0.05, 0.1) is 12.2 Å². The smallest absolute Gasteiger partial charge is 0.409 e. The first-order valence-corrected chi connectivity index (χ1v) is 8.82. The van der Waals surface area contributed by atoms with Gasteiger partial charge in [-0.2, -0.15) is 0 Å². The summed E-state index contributed by atoms with van der Waals surface area (Å²) in [5.74, 6) is -0.167. The van der Waals surface area contributed by atoms with Crippen molar-refractivity contribution in [3.05, 3.63) is 35.8 Å². The molecule has 0 saturated carbocycles. The molecule has 2 N–H and O–H groups in total. The van der Waals surface area contributed by atoms with Crippen LogP contribution in [-0.4, -0.2) is 46.6 Å². The third-order valence-corrected chi connectivity index (χ3v) is 4.83. The average Bonchev–Trinajstić information content (AvgIpc) is 3.32. The van der Waals surface area contributed by atoms with Gasteiger partial charge < -0.3 is 19.9 Å². The second-order valence-electron chi connectivity index (χ2n) is 5.69. The summed E-state index contributed by atoms with van der Waals surface area (Å²) in [6.45, 7) is 1.28. The molecule has 128 valence electrons. The third kappa shape index (κ3) is 3.20. The van der Waals surface area contributed by atoms with E-state index in [2.05, 4.69) is 15.3 Å². The molecule has 25 heavy (non-hydrogen) atoms. The lowest BCUT2D eigenvalue weighted by Gasteiger charge is -2.11. The number of nitrogens with one attached hydrogen (secondary N) is 2. The third-order valence-electron chi connectivity index (χ3n) is 4.07. The summed E-state index contributed by atoms with van der Waals surface area (Å²) in [6, 6.07) is 8.01. The molecule has 2 aromatic heterocycles. The number of thiazole rings is 1. The van der Waals surface area contributed by atoms with E-state index in [1.165, 1.54) is 16.2 Å².